The van der Waals surface area contributed by atoms with Gasteiger partial charge in [0.25, 0.3) is 0 Å². The zero-order chi connectivity index (χ0) is 12.1. The number of rotatable bonds is 4. The van der Waals surface area contributed by atoms with Gasteiger partial charge in [0.15, 0.2) is 0 Å². The van der Waals surface area contributed by atoms with Gasteiger partial charge in [-0.25, -0.2) is 4.98 Å². The van der Waals surface area contributed by atoms with Crippen molar-refractivity contribution in [3.8, 4) is 0 Å². The van der Waals surface area contributed by atoms with Gasteiger partial charge in [0, 0.05) is 12.5 Å². The third-order valence-corrected chi connectivity index (χ3v) is 2.02. The molecule has 1 aromatic heterocycles. The van der Waals surface area contributed by atoms with Gasteiger partial charge in [-0.3, -0.25) is 4.79 Å². The molecule has 1 aromatic rings. The monoisotopic (exact) mass is 258 g/mol. The molecule has 0 radical (unpaired) electrons. The van der Waals surface area contributed by atoms with Crippen molar-refractivity contribution < 1.29 is 22.2 Å². The van der Waals surface area contributed by atoms with E-state index in [9.17, 15) is 4.79 Å². The van der Waals surface area contributed by atoms with Crippen LogP contribution < -0.4 is 33.8 Å². The quantitative estimate of drug-likeness (QED) is 0.600. The summed E-state index contributed by atoms with van der Waals surface area (Å²) in [4.78, 5) is 14.2. The lowest BCUT2D eigenvalue weighted by atomic mass is 10.3. The molecule has 0 saturated heterocycles. The molecule has 17 heavy (non-hydrogen) atoms. The molecular weight excluding hydrogens is 240 g/mol. The highest BCUT2D eigenvalue weighted by Gasteiger charge is 2.09. The van der Waals surface area contributed by atoms with Gasteiger partial charge in [0.05, 0.1) is 6.04 Å². The van der Waals surface area contributed by atoms with Gasteiger partial charge >= 0.3 is 0 Å². The maximum atomic E-state index is 11.2. The highest BCUT2D eigenvalue weighted by molar-refractivity contribution is 5.92. The molecule has 1 heterocycles. The molecule has 0 aliphatic carbocycles. The second kappa shape index (κ2) is 6.96. The Morgan fingerprint density at radius 1 is 1.47 bits per heavy atom. The van der Waals surface area contributed by atoms with E-state index in [0.717, 1.165) is 5.82 Å². The number of nitrogens with two attached hydrogens (primary N) is 1. The van der Waals surface area contributed by atoms with Crippen molar-refractivity contribution in [2.45, 2.75) is 33.2 Å². The van der Waals surface area contributed by atoms with Crippen LogP contribution in [0.2, 0.25) is 0 Å². The molecule has 1 amide bonds. The van der Waals surface area contributed by atoms with Gasteiger partial charge in [0.1, 0.15) is 5.69 Å². The number of anilines is 3. The lowest BCUT2D eigenvalue weighted by Gasteiger charge is -2.08. The number of H-pyrrole nitrogens is 1. The zero-order valence-corrected chi connectivity index (χ0v) is 11.1. The summed E-state index contributed by atoms with van der Waals surface area (Å²) in [6, 6.07) is 3.96. The van der Waals surface area contributed by atoms with Crippen LogP contribution in [0.15, 0.2) is 12.1 Å². The van der Waals surface area contributed by atoms with E-state index < -0.39 is 0 Å². The normalized spacial score (nSPS) is 9.65. The number of aromatic amines is 1. The van der Waals surface area contributed by atoms with Crippen LogP contribution in [-0.2, 0) is 4.79 Å². The summed E-state index contributed by atoms with van der Waals surface area (Å²) >= 11 is 0. The summed E-state index contributed by atoms with van der Waals surface area (Å²) in [5.41, 5.74) is 6.40. The number of aromatic nitrogens is 1. The van der Waals surface area contributed by atoms with Crippen LogP contribution in [0.25, 0.3) is 0 Å². The number of amides is 1. The Labute approximate surface area is 108 Å². The van der Waals surface area contributed by atoms with Gasteiger partial charge in [0.2, 0.25) is 17.5 Å². The van der Waals surface area contributed by atoms with Crippen molar-refractivity contribution in [3.63, 3.8) is 0 Å². The number of nitrogen functional groups attached to an aromatic ring is 1. The molecule has 0 aliphatic rings. The van der Waals surface area contributed by atoms with Gasteiger partial charge in [-0.15, -0.1) is 0 Å². The molecule has 0 bridgehead atoms. The van der Waals surface area contributed by atoms with E-state index in [1.54, 1.807) is 13.0 Å². The molecule has 1 rings (SSSR count). The first-order valence-electron chi connectivity index (χ1n) is 5.41. The SMILES string of the molecule is CCC(=O)Nc1ccc(NC(C)C)[nH+]c1N.[Cl-]. The fourth-order valence-corrected chi connectivity index (χ4v) is 1.25. The summed E-state index contributed by atoms with van der Waals surface area (Å²) < 4.78 is 0. The number of carbonyl (C=O) groups is 1. The molecule has 5 nitrogen and oxygen atoms in total. The van der Waals surface area contributed by atoms with E-state index in [2.05, 4.69) is 15.6 Å². The molecule has 6 heteroatoms. The third kappa shape index (κ3) is 4.91. The number of nitrogens with one attached hydrogen (secondary N) is 3. The van der Waals surface area contributed by atoms with Crippen molar-refractivity contribution in [1.82, 2.24) is 0 Å². The Bertz CT molecular complexity index is 382. The van der Waals surface area contributed by atoms with Crippen LogP contribution in [0, 0.1) is 0 Å². The van der Waals surface area contributed by atoms with E-state index in [0.29, 0.717) is 24.0 Å². The molecule has 96 valence electrons. The van der Waals surface area contributed by atoms with Crippen LogP contribution in [0.5, 0.6) is 0 Å². The third-order valence-electron chi connectivity index (χ3n) is 2.02. The van der Waals surface area contributed by atoms with Crippen molar-refractivity contribution in [2.75, 3.05) is 16.4 Å². The molecule has 5 N–H and O–H groups in total. The minimum Gasteiger partial charge on any atom is -1.00 e. The first-order chi connectivity index (χ1) is 7.52. The van der Waals surface area contributed by atoms with Crippen molar-refractivity contribution in [2.24, 2.45) is 0 Å². The van der Waals surface area contributed by atoms with Crippen LogP contribution in [0.1, 0.15) is 27.2 Å². The Morgan fingerprint density at radius 3 is 2.59 bits per heavy atom. The van der Waals surface area contributed by atoms with Crippen LogP contribution in [0.4, 0.5) is 17.3 Å². The minimum absolute atomic E-state index is 0. The molecule has 0 aliphatic heterocycles. The predicted molar refractivity (Wildman–Crippen MR) is 65.1 cm³/mol. The predicted octanol–water partition coefficient (Wildman–Crippen LogP) is -1.74. The fourth-order valence-electron chi connectivity index (χ4n) is 1.25. The average molecular weight is 259 g/mol. The highest BCUT2D eigenvalue weighted by atomic mass is 35.5. The second-order valence-corrected chi connectivity index (χ2v) is 3.90. The van der Waals surface area contributed by atoms with Gasteiger partial charge in [-0.05, 0) is 19.9 Å². The van der Waals surface area contributed by atoms with Crippen molar-refractivity contribution in [3.05, 3.63) is 12.1 Å². The first kappa shape index (κ1) is 15.5. The number of hydrogen-bond donors (Lipinski definition) is 3. The van der Waals surface area contributed by atoms with E-state index in [-0.39, 0.29) is 18.3 Å². The minimum atomic E-state index is -0.0512. The van der Waals surface area contributed by atoms with E-state index in [1.165, 1.54) is 0 Å². The average Bonchev–Trinajstić information content (AvgIpc) is 2.21. The molecule has 0 unspecified atom stereocenters. The smallest absolute Gasteiger partial charge is 0.241 e. The number of pyridine rings is 1. The van der Waals surface area contributed by atoms with Gasteiger partial charge in [-0.2, -0.15) is 0 Å². The lowest BCUT2D eigenvalue weighted by Crippen LogP contribution is -3.00. The Morgan fingerprint density at radius 2 is 2.12 bits per heavy atom. The van der Waals surface area contributed by atoms with Crippen LogP contribution in [-0.4, -0.2) is 11.9 Å². The van der Waals surface area contributed by atoms with Crippen LogP contribution in [0.3, 0.4) is 0 Å². The standard InChI is InChI=1S/C11H18N4O.ClH/c1-4-10(16)14-8-5-6-9(13-7(2)3)15-11(8)12;/h5-7H,4H2,1-3H3,(H,14,16)(H3,12,13,15);1H. The summed E-state index contributed by atoms with van der Waals surface area (Å²) in [6.07, 6.45) is 0.436. The summed E-state index contributed by atoms with van der Waals surface area (Å²) in [5.74, 6) is 1.24. The second-order valence-electron chi connectivity index (χ2n) is 3.90. The lowest BCUT2D eigenvalue weighted by molar-refractivity contribution is -0.342. The molecule has 0 spiro atoms. The first-order valence-corrected chi connectivity index (χ1v) is 5.41. The topological polar surface area (TPSA) is 81.3 Å². The molecule has 0 saturated carbocycles. The Balaban J connectivity index is 0.00000256. The Hall–Kier alpha value is -1.49. The Kier molecular flexibility index (Phi) is 6.35. The molecule has 0 atom stereocenters. The number of hydrogen-bond acceptors (Lipinski definition) is 3. The van der Waals surface area contributed by atoms with E-state index in [4.69, 9.17) is 5.73 Å². The number of carbonyl (C=O) groups excluding carboxylic acids is 1. The zero-order valence-electron chi connectivity index (χ0n) is 10.3. The number of halogens is 1. The van der Waals surface area contributed by atoms with E-state index in [1.807, 2.05) is 19.9 Å². The van der Waals surface area contributed by atoms with Crippen molar-refractivity contribution in [1.29, 1.82) is 0 Å². The largest absolute Gasteiger partial charge is 1.00 e. The molecule has 0 aromatic carbocycles. The maximum Gasteiger partial charge on any atom is 0.241 e. The maximum absolute atomic E-state index is 11.2. The van der Waals surface area contributed by atoms with Crippen molar-refractivity contribution >= 4 is 23.2 Å². The summed E-state index contributed by atoms with van der Waals surface area (Å²) in [7, 11) is 0. The van der Waals surface area contributed by atoms with Gasteiger partial charge in [-0.1, -0.05) is 6.92 Å². The van der Waals surface area contributed by atoms with Crippen LogP contribution >= 0.6 is 0 Å². The van der Waals surface area contributed by atoms with E-state index >= 15 is 0 Å². The fraction of sp³-hybridized carbons (Fsp3) is 0.455. The summed E-state index contributed by atoms with van der Waals surface area (Å²) in [5, 5.41) is 5.91. The summed E-state index contributed by atoms with van der Waals surface area (Å²) in [6.45, 7) is 5.87. The molecule has 0 fully saturated rings. The highest BCUT2D eigenvalue weighted by Crippen LogP contribution is 2.15. The van der Waals surface area contributed by atoms with Gasteiger partial charge < -0.3 is 28.8 Å². The molecular formula is C11H19ClN4O.